The van der Waals surface area contributed by atoms with Gasteiger partial charge in [0.2, 0.25) is 0 Å². The Morgan fingerprint density at radius 2 is 2.06 bits per heavy atom. The molecule has 1 aromatic rings. The van der Waals surface area contributed by atoms with Crippen molar-refractivity contribution >= 4 is 0 Å². The number of hydrogen-bond donors (Lipinski definition) is 1. The lowest BCUT2D eigenvalue weighted by Crippen LogP contribution is -2.40. The summed E-state index contributed by atoms with van der Waals surface area (Å²) < 4.78 is 0. The minimum Gasteiger partial charge on any atom is -0.312 e. The Kier molecular flexibility index (Phi) is 4.79. The summed E-state index contributed by atoms with van der Waals surface area (Å²) in [6.45, 7) is 6.67. The summed E-state index contributed by atoms with van der Waals surface area (Å²) >= 11 is 0. The predicted molar refractivity (Wildman–Crippen MR) is 77.7 cm³/mol. The molecule has 0 heterocycles. The van der Waals surface area contributed by atoms with Gasteiger partial charge in [0, 0.05) is 25.2 Å². The van der Waals surface area contributed by atoms with Crippen LogP contribution in [0.4, 0.5) is 0 Å². The summed E-state index contributed by atoms with van der Waals surface area (Å²) in [6, 6.07) is 10.2. The molecule has 0 bridgehead atoms. The molecule has 18 heavy (non-hydrogen) atoms. The van der Waals surface area contributed by atoms with Crippen molar-refractivity contribution in [2.24, 2.45) is 0 Å². The van der Waals surface area contributed by atoms with Crippen LogP contribution in [0, 0.1) is 6.92 Å². The zero-order valence-electron chi connectivity index (χ0n) is 11.9. The van der Waals surface area contributed by atoms with Crippen molar-refractivity contribution in [2.75, 3.05) is 13.6 Å². The highest BCUT2D eigenvalue weighted by Crippen LogP contribution is 2.19. The van der Waals surface area contributed by atoms with Crippen molar-refractivity contribution in [3.05, 3.63) is 35.4 Å². The normalized spacial score (nSPS) is 17.1. The number of aryl methyl sites for hydroxylation is 1. The Labute approximate surface area is 111 Å². The third-order valence-corrected chi connectivity index (χ3v) is 4.00. The first kappa shape index (κ1) is 13.6. The van der Waals surface area contributed by atoms with Crippen molar-refractivity contribution in [1.82, 2.24) is 10.2 Å². The van der Waals surface area contributed by atoms with E-state index in [4.69, 9.17) is 0 Å². The van der Waals surface area contributed by atoms with Crippen LogP contribution in [0.5, 0.6) is 0 Å². The number of nitrogens with one attached hydrogen (secondary N) is 1. The number of likely N-dealkylation sites (N-methyl/N-ethyl adjacent to an activating group) is 1. The molecule has 1 aliphatic carbocycles. The van der Waals surface area contributed by atoms with E-state index in [-0.39, 0.29) is 0 Å². The van der Waals surface area contributed by atoms with Crippen LogP contribution >= 0.6 is 0 Å². The van der Waals surface area contributed by atoms with Gasteiger partial charge >= 0.3 is 0 Å². The Balaban J connectivity index is 1.87. The molecular formula is C16H26N2. The molecule has 0 aliphatic heterocycles. The van der Waals surface area contributed by atoms with E-state index in [1.165, 1.54) is 30.4 Å². The van der Waals surface area contributed by atoms with Crippen molar-refractivity contribution < 1.29 is 0 Å². The van der Waals surface area contributed by atoms with Crippen molar-refractivity contribution in [3.8, 4) is 0 Å². The average molecular weight is 246 g/mol. The molecule has 1 saturated carbocycles. The fraction of sp³-hybridized carbons (Fsp3) is 0.625. The fourth-order valence-electron chi connectivity index (χ4n) is 2.39. The second kappa shape index (κ2) is 6.35. The van der Waals surface area contributed by atoms with Gasteiger partial charge in [-0.1, -0.05) is 31.2 Å². The Morgan fingerprint density at radius 1 is 1.33 bits per heavy atom. The molecule has 1 aliphatic rings. The second-order valence-electron chi connectivity index (χ2n) is 5.59. The molecule has 0 saturated heterocycles. The van der Waals surface area contributed by atoms with E-state index in [1.807, 2.05) is 0 Å². The van der Waals surface area contributed by atoms with Gasteiger partial charge in [-0.25, -0.2) is 0 Å². The smallest absolute Gasteiger partial charge is 0.0236 e. The first-order valence-electron chi connectivity index (χ1n) is 7.18. The molecule has 2 nitrogen and oxygen atoms in total. The summed E-state index contributed by atoms with van der Waals surface area (Å²) in [7, 11) is 2.25. The molecule has 1 atom stereocenters. The van der Waals surface area contributed by atoms with Gasteiger partial charge in [-0.3, -0.25) is 4.90 Å². The zero-order chi connectivity index (χ0) is 13.0. The SMILES string of the molecule is CCC(CNC1CC1)N(C)Cc1ccccc1C. The largest absolute Gasteiger partial charge is 0.312 e. The molecule has 0 aromatic heterocycles. The monoisotopic (exact) mass is 246 g/mol. The maximum absolute atomic E-state index is 3.65. The standard InChI is InChI=1S/C16H26N2/c1-4-16(11-17-15-9-10-15)18(3)12-14-8-6-5-7-13(14)2/h5-8,15-17H,4,9-12H2,1-3H3. The highest BCUT2D eigenvalue weighted by atomic mass is 15.2. The van der Waals surface area contributed by atoms with E-state index in [0.29, 0.717) is 6.04 Å². The van der Waals surface area contributed by atoms with Gasteiger partial charge in [0.25, 0.3) is 0 Å². The third kappa shape index (κ3) is 3.82. The van der Waals surface area contributed by atoms with E-state index in [2.05, 4.69) is 55.4 Å². The van der Waals surface area contributed by atoms with E-state index in [1.54, 1.807) is 0 Å². The zero-order valence-corrected chi connectivity index (χ0v) is 11.9. The van der Waals surface area contributed by atoms with E-state index in [9.17, 15) is 0 Å². The van der Waals surface area contributed by atoms with Gasteiger partial charge in [-0.05, 0) is 44.4 Å². The topological polar surface area (TPSA) is 15.3 Å². The number of rotatable bonds is 7. The summed E-state index contributed by atoms with van der Waals surface area (Å²) in [5.74, 6) is 0. The van der Waals surface area contributed by atoms with Crippen LogP contribution in [0.3, 0.4) is 0 Å². The van der Waals surface area contributed by atoms with Crippen molar-refractivity contribution in [3.63, 3.8) is 0 Å². The van der Waals surface area contributed by atoms with Crippen LogP contribution in [-0.2, 0) is 6.54 Å². The molecule has 1 fully saturated rings. The van der Waals surface area contributed by atoms with Gasteiger partial charge in [0.1, 0.15) is 0 Å². The maximum Gasteiger partial charge on any atom is 0.0236 e. The van der Waals surface area contributed by atoms with Crippen molar-refractivity contribution in [2.45, 2.75) is 51.7 Å². The van der Waals surface area contributed by atoms with E-state index in [0.717, 1.165) is 19.1 Å². The Bertz CT molecular complexity index is 371. The van der Waals surface area contributed by atoms with Crippen LogP contribution in [0.1, 0.15) is 37.3 Å². The molecule has 0 spiro atoms. The maximum atomic E-state index is 3.65. The minimum absolute atomic E-state index is 0.644. The van der Waals surface area contributed by atoms with E-state index < -0.39 is 0 Å². The molecule has 1 N–H and O–H groups in total. The third-order valence-electron chi connectivity index (χ3n) is 4.00. The summed E-state index contributed by atoms with van der Waals surface area (Å²) in [6.07, 6.45) is 3.96. The highest BCUT2D eigenvalue weighted by molar-refractivity contribution is 5.25. The fourth-order valence-corrected chi connectivity index (χ4v) is 2.39. The Morgan fingerprint density at radius 3 is 2.67 bits per heavy atom. The number of hydrogen-bond acceptors (Lipinski definition) is 2. The number of nitrogens with zero attached hydrogens (tertiary/aromatic N) is 1. The predicted octanol–water partition coefficient (Wildman–Crippen LogP) is 2.96. The average Bonchev–Trinajstić information content (AvgIpc) is 3.17. The summed E-state index contributed by atoms with van der Waals surface area (Å²) in [5.41, 5.74) is 2.85. The van der Waals surface area contributed by atoms with Gasteiger partial charge in [-0.15, -0.1) is 0 Å². The lowest BCUT2D eigenvalue weighted by Gasteiger charge is -2.28. The Hall–Kier alpha value is -0.860. The summed E-state index contributed by atoms with van der Waals surface area (Å²) in [5, 5.41) is 3.65. The lowest BCUT2D eigenvalue weighted by molar-refractivity contribution is 0.220. The first-order chi connectivity index (χ1) is 8.70. The van der Waals surface area contributed by atoms with Crippen LogP contribution in [0.25, 0.3) is 0 Å². The first-order valence-corrected chi connectivity index (χ1v) is 7.18. The molecule has 1 aromatic carbocycles. The van der Waals surface area contributed by atoms with Gasteiger partial charge in [-0.2, -0.15) is 0 Å². The minimum atomic E-state index is 0.644. The van der Waals surface area contributed by atoms with Gasteiger partial charge in [0.05, 0.1) is 0 Å². The van der Waals surface area contributed by atoms with E-state index >= 15 is 0 Å². The molecule has 2 heteroatoms. The van der Waals surface area contributed by atoms with Crippen LogP contribution in [0.2, 0.25) is 0 Å². The highest BCUT2D eigenvalue weighted by Gasteiger charge is 2.22. The quantitative estimate of drug-likeness (QED) is 0.795. The van der Waals surface area contributed by atoms with Crippen LogP contribution < -0.4 is 5.32 Å². The molecule has 0 amide bonds. The van der Waals surface area contributed by atoms with Crippen LogP contribution in [-0.4, -0.2) is 30.6 Å². The lowest BCUT2D eigenvalue weighted by atomic mass is 10.1. The molecule has 0 radical (unpaired) electrons. The summed E-state index contributed by atoms with van der Waals surface area (Å²) in [4.78, 5) is 2.48. The van der Waals surface area contributed by atoms with Gasteiger partial charge < -0.3 is 5.32 Å². The second-order valence-corrected chi connectivity index (χ2v) is 5.59. The van der Waals surface area contributed by atoms with Crippen LogP contribution in [0.15, 0.2) is 24.3 Å². The molecule has 100 valence electrons. The molecular weight excluding hydrogens is 220 g/mol. The number of benzene rings is 1. The van der Waals surface area contributed by atoms with Gasteiger partial charge in [0.15, 0.2) is 0 Å². The molecule has 1 unspecified atom stereocenters. The molecule has 2 rings (SSSR count). The van der Waals surface area contributed by atoms with Crippen molar-refractivity contribution in [1.29, 1.82) is 0 Å².